The van der Waals surface area contributed by atoms with Gasteiger partial charge in [-0.2, -0.15) is 15.0 Å². The van der Waals surface area contributed by atoms with Crippen molar-refractivity contribution in [2.45, 2.75) is 32.6 Å². The number of halogens is 1. The minimum atomic E-state index is 0.125. The van der Waals surface area contributed by atoms with Gasteiger partial charge in [-0.15, -0.1) is 0 Å². The van der Waals surface area contributed by atoms with E-state index in [2.05, 4.69) is 32.4 Å². The molecule has 0 spiro atoms. The smallest absolute Gasteiger partial charge is 0.322 e. The Balaban J connectivity index is 1.79. The average Bonchev–Trinajstić information content (AvgIpc) is 2.92. The second kappa shape index (κ2) is 6.26. The molecule has 1 N–H and O–H groups in total. The highest BCUT2D eigenvalue weighted by Gasteiger charge is 2.12. The lowest BCUT2D eigenvalue weighted by Crippen LogP contribution is -2.05. The standard InChI is InChI=1S/C15H17ClN4O/c1-2-8-21-15-19-13(16)18-14(20-15)17-12-7-6-10-4-3-5-11(10)9-12/h6-7,9H,2-5,8H2,1H3,(H,17,18,19,20). The van der Waals surface area contributed by atoms with Gasteiger partial charge < -0.3 is 10.1 Å². The van der Waals surface area contributed by atoms with E-state index in [4.69, 9.17) is 16.3 Å². The molecule has 21 heavy (non-hydrogen) atoms. The highest BCUT2D eigenvalue weighted by atomic mass is 35.5. The number of hydrogen-bond donors (Lipinski definition) is 1. The third-order valence-corrected chi connectivity index (χ3v) is 3.55. The molecule has 0 amide bonds. The summed E-state index contributed by atoms with van der Waals surface area (Å²) in [5.41, 5.74) is 3.78. The van der Waals surface area contributed by atoms with Crippen molar-refractivity contribution >= 4 is 23.2 Å². The van der Waals surface area contributed by atoms with Crippen LogP contribution in [-0.2, 0) is 12.8 Å². The van der Waals surface area contributed by atoms with E-state index in [-0.39, 0.29) is 11.3 Å². The summed E-state index contributed by atoms with van der Waals surface area (Å²) in [5, 5.41) is 3.29. The number of nitrogens with zero attached hydrogens (tertiary/aromatic N) is 3. The maximum atomic E-state index is 5.91. The molecule has 1 aliphatic carbocycles. The summed E-state index contributed by atoms with van der Waals surface area (Å²) in [6.07, 6.45) is 4.41. The molecular formula is C15H17ClN4O. The third-order valence-electron chi connectivity index (χ3n) is 3.38. The van der Waals surface area contributed by atoms with Crippen LogP contribution >= 0.6 is 11.6 Å². The average molecular weight is 305 g/mol. The second-order valence-corrected chi connectivity index (χ2v) is 5.36. The van der Waals surface area contributed by atoms with Gasteiger partial charge in [0.05, 0.1) is 6.61 Å². The summed E-state index contributed by atoms with van der Waals surface area (Å²) in [6.45, 7) is 2.57. The highest BCUT2D eigenvalue weighted by molar-refractivity contribution is 6.28. The summed E-state index contributed by atoms with van der Waals surface area (Å²) in [6, 6.07) is 6.59. The molecule has 0 fully saturated rings. The van der Waals surface area contributed by atoms with Crippen LogP contribution in [0.4, 0.5) is 11.6 Å². The molecule has 110 valence electrons. The fourth-order valence-electron chi connectivity index (χ4n) is 2.42. The molecule has 0 saturated carbocycles. The monoisotopic (exact) mass is 304 g/mol. The molecule has 1 aliphatic rings. The zero-order valence-corrected chi connectivity index (χ0v) is 12.7. The molecule has 1 aromatic heterocycles. The van der Waals surface area contributed by atoms with Crippen molar-refractivity contribution in [1.29, 1.82) is 0 Å². The Bertz CT molecular complexity index is 648. The van der Waals surface area contributed by atoms with Crippen molar-refractivity contribution in [1.82, 2.24) is 15.0 Å². The van der Waals surface area contributed by atoms with Crippen LogP contribution in [0.1, 0.15) is 30.9 Å². The molecule has 1 aromatic carbocycles. The van der Waals surface area contributed by atoms with Gasteiger partial charge >= 0.3 is 6.01 Å². The Morgan fingerprint density at radius 1 is 1.19 bits per heavy atom. The first kappa shape index (κ1) is 14.1. The molecule has 1 heterocycles. The van der Waals surface area contributed by atoms with Crippen LogP contribution in [-0.4, -0.2) is 21.6 Å². The maximum absolute atomic E-state index is 5.91. The Labute approximate surface area is 128 Å². The molecule has 0 saturated heterocycles. The van der Waals surface area contributed by atoms with E-state index in [1.54, 1.807) is 0 Å². The number of benzene rings is 1. The van der Waals surface area contributed by atoms with Crippen LogP contribution in [0.15, 0.2) is 18.2 Å². The van der Waals surface area contributed by atoms with Gasteiger partial charge in [0, 0.05) is 5.69 Å². The van der Waals surface area contributed by atoms with Gasteiger partial charge in [0.25, 0.3) is 0 Å². The van der Waals surface area contributed by atoms with E-state index in [0.717, 1.165) is 18.5 Å². The van der Waals surface area contributed by atoms with Crippen molar-refractivity contribution in [3.63, 3.8) is 0 Å². The molecule has 2 aromatic rings. The number of aromatic nitrogens is 3. The molecule has 0 atom stereocenters. The predicted molar refractivity (Wildman–Crippen MR) is 82.4 cm³/mol. The van der Waals surface area contributed by atoms with Crippen molar-refractivity contribution in [3.05, 3.63) is 34.6 Å². The Morgan fingerprint density at radius 2 is 2.05 bits per heavy atom. The van der Waals surface area contributed by atoms with Gasteiger partial charge in [0.2, 0.25) is 11.2 Å². The van der Waals surface area contributed by atoms with Crippen molar-refractivity contribution < 1.29 is 4.74 Å². The van der Waals surface area contributed by atoms with E-state index < -0.39 is 0 Å². The molecule has 5 nitrogen and oxygen atoms in total. The number of fused-ring (bicyclic) bond motifs is 1. The lowest BCUT2D eigenvalue weighted by Gasteiger charge is -2.08. The van der Waals surface area contributed by atoms with Gasteiger partial charge in [-0.05, 0) is 60.5 Å². The number of hydrogen-bond acceptors (Lipinski definition) is 5. The van der Waals surface area contributed by atoms with E-state index >= 15 is 0 Å². The number of aryl methyl sites for hydroxylation is 2. The summed E-state index contributed by atoms with van der Waals surface area (Å²) < 4.78 is 5.40. The molecule has 0 aliphatic heterocycles. The minimum absolute atomic E-state index is 0.125. The summed E-state index contributed by atoms with van der Waals surface area (Å²) in [4.78, 5) is 12.3. The quantitative estimate of drug-likeness (QED) is 0.915. The SMILES string of the molecule is CCCOc1nc(Cl)nc(Nc2ccc3c(c2)CCC3)n1. The first-order chi connectivity index (χ1) is 10.2. The zero-order valence-electron chi connectivity index (χ0n) is 11.9. The Morgan fingerprint density at radius 3 is 2.90 bits per heavy atom. The van der Waals surface area contributed by atoms with E-state index in [9.17, 15) is 0 Å². The van der Waals surface area contributed by atoms with Crippen LogP contribution in [0.25, 0.3) is 0 Å². The molecule has 3 rings (SSSR count). The Kier molecular flexibility index (Phi) is 4.20. The fourth-order valence-corrected chi connectivity index (χ4v) is 2.58. The first-order valence-corrected chi connectivity index (χ1v) is 7.55. The number of ether oxygens (including phenoxy) is 1. The van der Waals surface area contributed by atoms with Gasteiger partial charge in [0.15, 0.2) is 0 Å². The van der Waals surface area contributed by atoms with Crippen LogP contribution in [0.3, 0.4) is 0 Å². The largest absolute Gasteiger partial charge is 0.463 e. The van der Waals surface area contributed by atoms with Crippen molar-refractivity contribution in [3.8, 4) is 6.01 Å². The number of rotatable bonds is 5. The second-order valence-electron chi connectivity index (χ2n) is 5.02. The fraction of sp³-hybridized carbons (Fsp3) is 0.400. The summed E-state index contributed by atoms with van der Waals surface area (Å²) in [7, 11) is 0. The molecule has 6 heteroatoms. The number of nitrogens with one attached hydrogen (secondary N) is 1. The van der Waals surface area contributed by atoms with Crippen LogP contribution in [0.5, 0.6) is 6.01 Å². The van der Waals surface area contributed by atoms with E-state index in [0.29, 0.717) is 12.6 Å². The van der Waals surface area contributed by atoms with Crippen LogP contribution < -0.4 is 10.1 Å². The molecule has 0 radical (unpaired) electrons. The number of anilines is 2. The third kappa shape index (κ3) is 3.42. The highest BCUT2D eigenvalue weighted by Crippen LogP contribution is 2.26. The van der Waals surface area contributed by atoms with Gasteiger partial charge in [-0.1, -0.05) is 13.0 Å². The van der Waals surface area contributed by atoms with Crippen molar-refractivity contribution in [2.24, 2.45) is 0 Å². The lowest BCUT2D eigenvalue weighted by molar-refractivity contribution is 0.292. The maximum Gasteiger partial charge on any atom is 0.322 e. The Hall–Kier alpha value is -1.88. The van der Waals surface area contributed by atoms with Gasteiger partial charge in [-0.3, -0.25) is 0 Å². The van der Waals surface area contributed by atoms with Gasteiger partial charge in [-0.25, -0.2) is 0 Å². The van der Waals surface area contributed by atoms with Crippen LogP contribution in [0.2, 0.25) is 5.28 Å². The molecular weight excluding hydrogens is 288 g/mol. The van der Waals surface area contributed by atoms with E-state index in [1.807, 2.05) is 13.0 Å². The normalized spacial score (nSPS) is 13.0. The first-order valence-electron chi connectivity index (χ1n) is 7.18. The van der Waals surface area contributed by atoms with E-state index in [1.165, 1.54) is 24.0 Å². The summed E-state index contributed by atoms with van der Waals surface area (Å²) >= 11 is 5.91. The minimum Gasteiger partial charge on any atom is -0.463 e. The van der Waals surface area contributed by atoms with Crippen molar-refractivity contribution in [2.75, 3.05) is 11.9 Å². The molecule has 0 bridgehead atoms. The zero-order chi connectivity index (χ0) is 14.7. The summed E-state index contributed by atoms with van der Waals surface area (Å²) in [5.74, 6) is 0.402. The topological polar surface area (TPSA) is 59.9 Å². The van der Waals surface area contributed by atoms with Crippen LogP contribution in [0, 0.1) is 0 Å². The molecule has 0 unspecified atom stereocenters. The predicted octanol–water partition coefficient (Wildman–Crippen LogP) is 3.55. The lowest BCUT2D eigenvalue weighted by atomic mass is 10.1. The van der Waals surface area contributed by atoms with Gasteiger partial charge in [0.1, 0.15) is 0 Å².